The predicted octanol–water partition coefficient (Wildman–Crippen LogP) is 1.62. The second kappa shape index (κ2) is 7.07. The molecule has 2 aliphatic heterocycles. The Labute approximate surface area is 169 Å². The highest BCUT2D eigenvalue weighted by Gasteiger charge is 2.22. The lowest BCUT2D eigenvalue weighted by Gasteiger charge is -2.17. The first-order valence-electron chi connectivity index (χ1n) is 9.49. The molecule has 150 valence electrons. The van der Waals surface area contributed by atoms with Gasteiger partial charge in [-0.2, -0.15) is 0 Å². The zero-order valence-corrected chi connectivity index (χ0v) is 16.4. The lowest BCUT2D eigenvalue weighted by Crippen LogP contribution is -2.42. The van der Waals surface area contributed by atoms with E-state index in [1.807, 2.05) is 0 Å². The van der Waals surface area contributed by atoms with E-state index in [2.05, 4.69) is 0 Å². The largest absolute Gasteiger partial charge is 0.454 e. The Balaban J connectivity index is 1.56. The van der Waals surface area contributed by atoms with Gasteiger partial charge in [0.1, 0.15) is 11.2 Å². The molecular formula is C20H19N3O5S. The minimum absolute atomic E-state index is 0.0620. The van der Waals surface area contributed by atoms with Crippen LogP contribution in [0.5, 0.6) is 11.5 Å². The summed E-state index contributed by atoms with van der Waals surface area (Å²) in [5.74, 6) is 1.14. The summed E-state index contributed by atoms with van der Waals surface area (Å²) in [7, 11) is 0. The average Bonchev–Trinajstić information content (AvgIpc) is 3.48. The van der Waals surface area contributed by atoms with Gasteiger partial charge >= 0.3 is 5.69 Å². The molecule has 1 aromatic carbocycles. The molecule has 0 bridgehead atoms. The number of carbonyl (C=O) groups excluding carboxylic acids is 1. The van der Waals surface area contributed by atoms with Gasteiger partial charge in [-0.05, 0) is 42.0 Å². The van der Waals surface area contributed by atoms with Crippen molar-refractivity contribution in [1.29, 1.82) is 0 Å². The van der Waals surface area contributed by atoms with Crippen LogP contribution in [0.15, 0.2) is 39.2 Å². The molecule has 9 heteroatoms. The van der Waals surface area contributed by atoms with Crippen molar-refractivity contribution < 1.29 is 14.3 Å². The van der Waals surface area contributed by atoms with Crippen molar-refractivity contribution in [3.05, 3.63) is 56.0 Å². The standard InChI is InChI=1S/C20H19N3O5S/c24-17(21-6-1-2-7-21)11-22-14-5-8-29-18(14)19(25)23(20(22)26)10-13-3-4-15-16(9-13)28-12-27-15/h3-5,8-9H,1-2,6-7,10-12H2. The second-order valence-corrected chi connectivity index (χ2v) is 8.09. The van der Waals surface area contributed by atoms with Gasteiger partial charge in [-0.15, -0.1) is 11.3 Å². The van der Waals surface area contributed by atoms with Crippen LogP contribution in [0.3, 0.4) is 0 Å². The molecule has 1 amide bonds. The van der Waals surface area contributed by atoms with Gasteiger partial charge in [-0.3, -0.25) is 18.7 Å². The molecule has 2 aliphatic rings. The van der Waals surface area contributed by atoms with Gasteiger partial charge < -0.3 is 14.4 Å². The first-order chi connectivity index (χ1) is 14.1. The van der Waals surface area contributed by atoms with Crippen molar-refractivity contribution in [3.63, 3.8) is 0 Å². The van der Waals surface area contributed by atoms with Crippen LogP contribution in [-0.4, -0.2) is 39.8 Å². The molecule has 0 spiro atoms. The van der Waals surface area contributed by atoms with E-state index >= 15 is 0 Å². The molecular weight excluding hydrogens is 394 g/mol. The molecule has 1 fully saturated rings. The SMILES string of the molecule is O=C(Cn1c(=O)n(Cc2ccc3c(c2)OCO3)c(=O)c2sccc21)N1CCCC1. The number of carbonyl (C=O) groups is 1. The number of likely N-dealkylation sites (tertiary alicyclic amines) is 1. The average molecular weight is 413 g/mol. The first-order valence-corrected chi connectivity index (χ1v) is 10.4. The van der Waals surface area contributed by atoms with Gasteiger partial charge in [0.2, 0.25) is 12.7 Å². The number of amides is 1. The molecule has 8 nitrogen and oxygen atoms in total. The molecule has 2 aromatic heterocycles. The van der Waals surface area contributed by atoms with Crippen LogP contribution in [0.25, 0.3) is 10.2 Å². The van der Waals surface area contributed by atoms with Crippen LogP contribution in [0.2, 0.25) is 0 Å². The van der Waals surface area contributed by atoms with E-state index in [0.29, 0.717) is 21.7 Å². The number of nitrogens with zero attached hydrogens (tertiary/aromatic N) is 3. The van der Waals surface area contributed by atoms with E-state index in [1.165, 1.54) is 20.5 Å². The highest BCUT2D eigenvalue weighted by Crippen LogP contribution is 2.32. The summed E-state index contributed by atoms with van der Waals surface area (Å²) < 4.78 is 13.8. The van der Waals surface area contributed by atoms with E-state index in [-0.39, 0.29) is 31.3 Å². The van der Waals surface area contributed by atoms with Gasteiger partial charge in [0.15, 0.2) is 11.5 Å². The van der Waals surface area contributed by atoms with E-state index in [4.69, 9.17) is 9.47 Å². The highest BCUT2D eigenvalue weighted by atomic mass is 32.1. The Hall–Kier alpha value is -3.07. The lowest BCUT2D eigenvalue weighted by molar-refractivity contribution is -0.130. The van der Waals surface area contributed by atoms with Crippen LogP contribution in [0, 0.1) is 0 Å². The van der Waals surface area contributed by atoms with Crippen molar-refractivity contribution in [2.75, 3.05) is 19.9 Å². The molecule has 0 unspecified atom stereocenters. The molecule has 5 rings (SSSR count). The number of ether oxygens (including phenoxy) is 2. The van der Waals surface area contributed by atoms with Crippen LogP contribution in [0.4, 0.5) is 0 Å². The summed E-state index contributed by atoms with van der Waals surface area (Å²) >= 11 is 1.28. The third kappa shape index (κ3) is 3.11. The normalized spacial score (nSPS) is 15.4. The highest BCUT2D eigenvalue weighted by molar-refractivity contribution is 7.17. The van der Waals surface area contributed by atoms with Gasteiger partial charge in [-0.25, -0.2) is 4.79 Å². The smallest absolute Gasteiger partial charge is 0.332 e. The van der Waals surface area contributed by atoms with Crippen LogP contribution in [-0.2, 0) is 17.9 Å². The van der Waals surface area contributed by atoms with Crippen molar-refractivity contribution in [2.24, 2.45) is 0 Å². The molecule has 29 heavy (non-hydrogen) atoms. The number of fused-ring (bicyclic) bond motifs is 2. The van der Waals surface area contributed by atoms with Crippen molar-refractivity contribution >= 4 is 27.5 Å². The fourth-order valence-corrected chi connectivity index (χ4v) is 4.69. The summed E-state index contributed by atoms with van der Waals surface area (Å²) in [5, 5.41) is 1.77. The topological polar surface area (TPSA) is 82.8 Å². The Bertz CT molecular complexity index is 1220. The maximum atomic E-state index is 13.2. The molecule has 0 N–H and O–H groups in total. The number of hydrogen-bond donors (Lipinski definition) is 0. The molecule has 3 aromatic rings. The Morgan fingerprint density at radius 2 is 1.83 bits per heavy atom. The van der Waals surface area contributed by atoms with Gasteiger partial charge in [0, 0.05) is 13.1 Å². The maximum Gasteiger partial charge on any atom is 0.332 e. The molecule has 0 atom stereocenters. The minimum Gasteiger partial charge on any atom is -0.454 e. The maximum absolute atomic E-state index is 13.2. The van der Waals surface area contributed by atoms with E-state index in [0.717, 1.165) is 31.5 Å². The minimum atomic E-state index is -0.480. The Kier molecular flexibility index (Phi) is 4.39. The number of thiophene rings is 1. The summed E-state index contributed by atoms with van der Waals surface area (Å²) in [6.45, 7) is 1.63. The van der Waals surface area contributed by atoms with Crippen molar-refractivity contribution in [1.82, 2.24) is 14.0 Å². The molecule has 4 heterocycles. The second-order valence-electron chi connectivity index (χ2n) is 7.17. The lowest BCUT2D eigenvalue weighted by atomic mass is 10.2. The Morgan fingerprint density at radius 3 is 2.66 bits per heavy atom. The van der Waals surface area contributed by atoms with Crippen molar-refractivity contribution in [2.45, 2.75) is 25.9 Å². The van der Waals surface area contributed by atoms with E-state index in [1.54, 1.807) is 34.5 Å². The first kappa shape index (κ1) is 18.0. The third-order valence-corrected chi connectivity index (χ3v) is 6.26. The van der Waals surface area contributed by atoms with E-state index < -0.39 is 5.69 Å². The van der Waals surface area contributed by atoms with Gasteiger partial charge in [0.25, 0.3) is 5.56 Å². The number of rotatable bonds is 4. The number of aromatic nitrogens is 2. The zero-order valence-electron chi connectivity index (χ0n) is 15.6. The fourth-order valence-electron chi connectivity index (χ4n) is 3.85. The van der Waals surface area contributed by atoms with Crippen molar-refractivity contribution in [3.8, 4) is 11.5 Å². The van der Waals surface area contributed by atoms with E-state index in [9.17, 15) is 14.4 Å². The summed E-state index contributed by atoms with van der Waals surface area (Å²) in [6, 6.07) is 7.07. The summed E-state index contributed by atoms with van der Waals surface area (Å²) in [4.78, 5) is 40.6. The van der Waals surface area contributed by atoms with Gasteiger partial charge in [0.05, 0.1) is 12.1 Å². The molecule has 0 radical (unpaired) electrons. The monoisotopic (exact) mass is 413 g/mol. The fraction of sp³-hybridized carbons (Fsp3) is 0.350. The Morgan fingerprint density at radius 1 is 1.03 bits per heavy atom. The van der Waals surface area contributed by atoms with Gasteiger partial charge in [-0.1, -0.05) is 6.07 Å². The molecule has 0 aliphatic carbocycles. The quantitative estimate of drug-likeness (QED) is 0.649. The third-order valence-electron chi connectivity index (χ3n) is 5.37. The predicted molar refractivity (Wildman–Crippen MR) is 108 cm³/mol. The van der Waals surface area contributed by atoms with Crippen LogP contribution >= 0.6 is 11.3 Å². The molecule has 1 saturated heterocycles. The van der Waals surface area contributed by atoms with Crippen LogP contribution in [0.1, 0.15) is 18.4 Å². The number of benzene rings is 1. The summed E-state index contributed by atoms with van der Waals surface area (Å²) in [5.41, 5.74) is 0.440. The number of hydrogen-bond acceptors (Lipinski definition) is 6. The molecule has 0 saturated carbocycles. The summed E-state index contributed by atoms with van der Waals surface area (Å²) in [6.07, 6.45) is 1.97. The zero-order chi connectivity index (χ0) is 20.0. The van der Waals surface area contributed by atoms with Crippen LogP contribution < -0.4 is 20.7 Å².